The monoisotopic (exact) mass is 280 g/mol. The zero-order valence-electron chi connectivity index (χ0n) is 12.2. The molecule has 2 aromatic rings. The quantitative estimate of drug-likeness (QED) is 0.844. The van der Waals surface area contributed by atoms with Crippen molar-refractivity contribution in [1.82, 2.24) is 0 Å². The Balaban J connectivity index is 2.26. The molecule has 2 rings (SSSR count). The molecule has 0 heterocycles. The van der Waals surface area contributed by atoms with Crippen molar-refractivity contribution in [3.63, 3.8) is 0 Å². The van der Waals surface area contributed by atoms with Crippen LogP contribution in [0.3, 0.4) is 0 Å². The summed E-state index contributed by atoms with van der Waals surface area (Å²) in [5.41, 5.74) is 1.09. The molecule has 0 bridgehead atoms. The van der Waals surface area contributed by atoms with Crippen LogP contribution in [0, 0.1) is 0 Å². The molecule has 0 saturated carbocycles. The summed E-state index contributed by atoms with van der Waals surface area (Å²) in [6, 6.07) is 19.4. The molecule has 1 N–H and O–H groups in total. The van der Waals surface area contributed by atoms with Crippen LogP contribution in [-0.2, 0) is 10.2 Å². The van der Waals surface area contributed by atoms with E-state index >= 15 is 0 Å². The van der Waals surface area contributed by atoms with Crippen molar-refractivity contribution in [2.45, 2.75) is 25.2 Å². The summed E-state index contributed by atoms with van der Waals surface area (Å²) in [5.74, 6) is -0.770. The Labute approximate surface area is 125 Å². The number of carbonyl (C=O) groups is 1. The summed E-state index contributed by atoms with van der Waals surface area (Å²) >= 11 is 0. The maximum absolute atomic E-state index is 11.9. The summed E-state index contributed by atoms with van der Waals surface area (Å²) in [6.45, 7) is 1.93. The van der Waals surface area contributed by atoms with Gasteiger partial charge < -0.3 is 5.11 Å². The topological polar surface area (TPSA) is 37.3 Å². The smallest absolute Gasteiger partial charge is 0.314 e. The van der Waals surface area contributed by atoms with Crippen LogP contribution in [-0.4, -0.2) is 11.1 Å². The molecule has 0 aromatic heterocycles. The van der Waals surface area contributed by atoms with Crippen LogP contribution in [0.25, 0.3) is 6.08 Å². The lowest BCUT2D eigenvalue weighted by molar-refractivity contribution is -0.144. The third kappa shape index (κ3) is 3.40. The fraction of sp³-hybridized carbons (Fsp3) is 0.211. The van der Waals surface area contributed by atoms with Crippen LogP contribution < -0.4 is 0 Å². The van der Waals surface area contributed by atoms with Gasteiger partial charge in [0.25, 0.3) is 0 Å². The van der Waals surface area contributed by atoms with Crippen LogP contribution in [0.15, 0.2) is 66.7 Å². The first-order valence-corrected chi connectivity index (χ1v) is 7.19. The minimum atomic E-state index is -0.855. The van der Waals surface area contributed by atoms with E-state index in [4.69, 9.17) is 0 Å². The normalized spacial score (nSPS) is 14.0. The van der Waals surface area contributed by atoms with Gasteiger partial charge in [-0.2, -0.15) is 0 Å². The highest BCUT2D eigenvalue weighted by Crippen LogP contribution is 2.32. The van der Waals surface area contributed by atoms with E-state index in [-0.39, 0.29) is 0 Å². The highest BCUT2D eigenvalue weighted by atomic mass is 16.4. The molecular weight excluding hydrogens is 260 g/mol. The Hall–Kier alpha value is -2.35. The first kappa shape index (κ1) is 15.0. The predicted octanol–water partition coefficient (Wildman–Crippen LogP) is 4.52. The van der Waals surface area contributed by atoms with Crippen LogP contribution >= 0.6 is 0 Å². The highest BCUT2D eigenvalue weighted by molar-refractivity contribution is 5.81. The second-order valence-electron chi connectivity index (χ2n) is 5.12. The van der Waals surface area contributed by atoms with Crippen molar-refractivity contribution in [1.29, 1.82) is 0 Å². The Morgan fingerprint density at radius 1 is 1.05 bits per heavy atom. The molecule has 1 atom stereocenters. The number of rotatable bonds is 6. The molecular formula is C19H20O2. The Morgan fingerprint density at radius 3 is 2.14 bits per heavy atom. The van der Waals surface area contributed by atoms with Gasteiger partial charge in [-0.3, -0.25) is 4.79 Å². The van der Waals surface area contributed by atoms with Crippen molar-refractivity contribution < 1.29 is 9.90 Å². The summed E-state index contributed by atoms with van der Waals surface area (Å²) in [5, 5.41) is 9.74. The second-order valence-corrected chi connectivity index (χ2v) is 5.12. The summed E-state index contributed by atoms with van der Waals surface area (Å²) in [7, 11) is 0. The van der Waals surface area contributed by atoms with Gasteiger partial charge in [0.15, 0.2) is 0 Å². The number of carboxylic acids is 1. The molecule has 0 aliphatic carbocycles. The van der Waals surface area contributed by atoms with Crippen LogP contribution in [0.5, 0.6) is 0 Å². The average molecular weight is 280 g/mol. The number of hydrogen-bond acceptors (Lipinski definition) is 1. The van der Waals surface area contributed by atoms with Gasteiger partial charge in [-0.25, -0.2) is 0 Å². The van der Waals surface area contributed by atoms with Gasteiger partial charge in [0.05, 0.1) is 5.41 Å². The molecule has 2 heteroatoms. The van der Waals surface area contributed by atoms with Crippen molar-refractivity contribution in [3.05, 3.63) is 77.9 Å². The molecule has 2 aromatic carbocycles. The van der Waals surface area contributed by atoms with Crippen LogP contribution in [0.2, 0.25) is 0 Å². The fourth-order valence-corrected chi connectivity index (χ4v) is 2.55. The lowest BCUT2D eigenvalue weighted by Crippen LogP contribution is -2.34. The average Bonchev–Trinajstić information content (AvgIpc) is 2.53. The molecule has 0 fully saturated rings. The third-order valence-electron chi connectivity index (χ3n) is 3.92. The van der Waals surface area contributed by atoms with E-state index in [0.717, 1.165) is 11.1 Å². The number of benzene rings is 2. The van der Waals surface area contributed by atoms with Gasteiger partial charge in [-0.05, 0) is 24.0 Å². The highest BCUT2D eigenvalue weighted by Gasteiger charge is 2.37. The van der Waals surface area contributed by atoms with Crippen molar-refractivity contribution in [3.8, 4) is 0 Å². The van der Waals surface area contributed by atoms with E-state index in [2.05, 4.69) is 0 Å². The van der Waals surface area contributed by atoms with Gasteiger partial charge >= 0.3 is 5.97 Å². The second kappa shape index (κ2) is 6.89. The van der Waals surface area contributed by atoms with Crippen molar-refractivity contribution >= 4 is 12.0 Å². The maximum atomic E-state index is 11.9. The molecule has 0 radical (unpaired) electrons. The molecule has 108 valence electrons. The van der Waals surface area contributed by atoms with Gasteiger partial charge in [0.1, 0.15) is 0 Å². The molecule has 0 aliphatic heterocycles. The van der Waals surface area contributed by atoms with E-state index in [9.17, 15) is 9.90 Å². The minimum Gasteiger partial charge on any atom is -0.481 e. The van der Waals surface area contributed by atoms with Crippen LogP contribution in [0.1, 0.15) is 30.9 Å². The lowest BCUT2D eigenvalue weighted by atomic mass is 9.75. The van der Waals surface area contributed by atoms with Gasteiger partial charge in [-0.15, -0.1) is 0 Å². The number of allylic oxidation sites excluding steroid dienone is 1. The molecule has 0 amide bonds. The maximum Gasteiger partial charge on any atom is 0.314 e. The molecule has 0 saturated heterocycles. The summed E-state index contributed by atoms with van der Waals surface area (Å²) < 4.78 is 0. The lowest BCUT2D eigenvalue weighted by Gasteiger charge is -2.27. The van der Waals surface area contributed by atoms with Gasteiger partial charge in [-0.1, -0.05) is 79.7 Å². The van der Waals surface area contributed by atoms with Gasteiger partial charge in [0.2, 0.25) is 0 Å². The van der Waals surface area contributed by atoms with Crippen LogP contribution in [0.4, 0.5) is 0 Å². The standard InChI is InChI=1S/C19H20O2/c1-2-19(18(20)21,17-13-7-4-8-14-17)15-9-12-16-10-5-3-6-11-16/h3-14H,2,15H2,1H3,(H,20,21). The van der Waals surface area contributed by atoms with Gasteiger partial charge in [0, 0.05) is 0 Å². The fourth-order valence-electron chi connectivity index (χ4n) is 2.55. The van der Waals surface area contributed by atoms with E-state index in [1.165, 1.54) is 0 Å². The molecule has 21 heavy (non-hydrogen) atoms. The first-order chi connectivity index (χ1) is 10.2. The minimum absolute atomic E-state index is 0.484. The first-order valence-electron chi connectivity index (χ1n) is 7.19. The van der Waals surface area contributed by atoms with E-state index in [1.807, 2.05) is 79.7 Å². The van der Waals surface area contributed by atoms with E-state index in [1.54, 1.807) is 0 Å². The SMILES string of the molecule is CCC(CC=Cc1ccccc1)(C(=O)O)c1ccccc1. The summed E-state index contributed by atoms with van der Waals surface area (Å²) in [6.07, 6.45) is 4.99. The molecule has 1 unspecified atom stereocenters. The van der Waals surface area contributed by atoms with E-state index < -0.39 is 11.4 Å². The Morgan fingerprint density at radius 2 is 1.62 bits per heavy atom. The number of carboxylic acid groups (broad SMARTS) is 1. The zero-order valence-corrected chi connectivity index (χ0v) is 12.2. The van der Waals surface area contributed by atoms with Crippen molar-refractivity contribution in [2.24, 2.45) is 0 Å². The molecule has 0 spiro atoms. The molecule has 2 nitrogen and oxygen atoms in total. The summed E-state index contributed by atoms with van der Waals surface area (Å²) in [4.78, 5) is 11.9. The largest absolute Gasteiger partial charge is 0.481 e. The number of hydrogen-bond donors (Lipinski definition) is 1. The van der Waals surface area contributed by atoms with E-state index in [0.29, 0.717) is 12.8 Å². The molecule has 0 aliphatic rings. The zero-order chi connectivity index (χ0) is 15.1. The van der Waals surface area contributed by atoms with Crippen molar-refractivity contribution in [2.75, 3.05) is 0 Å². The predicted molar refractivity (Wildman–Crippen MR) is 86.1 cm³/mol. The Kier molecular flexibility index (Phi) is 4.94. The Bertz CT molecular complexity index is 602. The third-order valence-corrected chi connectivity index (χ3v) is 3.92. The number of aliphatic carboxylic acids is 1.